The summed E-state index contributed by atoms with van der Waals surface area (Å²) in [5, 5.41) is 3.51. The number of aromatic nitrogens is 4. The predicted molar refractivity (Wildman–Crippen MR) is 57.8 cm³/mol. The highest BCUT2D eigenvalue weighted by Crippen LogP contribution is 2.05. The molecule has 0 unspecified atom stereocenters. The Morgan fingerprint density at radius 3 is 3.00 bits per heavy atom. The number of nitrogens with zero attached hydrogens (tertiary/aromatic N) is 4. The Bertz CT molecular complexity index is 414. The monoisotopic (exact) mass is 223 g/mol. The first kappa shape index (κ1) is 9.92. The van der Waals surface area contributed by atoms with Gasteiger partial charge in [-0.3, -0.25) is 4.98 Å². The molecule has 0 bridgehead atoms. The molecule has 0 radical (unpaired) electrons. The molecule has 0 aliphatic carbocycles. The molecule has 0 aliphatic heterocycles. The van der Waals surface area contributed by atoms with Crippen molar-refractivity contribution in [3.05, 3.63) is 36.3 Å². The summed E-state index contributed by atoms with van der Waals surface area (Å²) in [4.78, 5) is 11.9. The van der Waals surface area contributed by atoms with Gasteiger partial charge in [0.2, 0.25) is 0 Å². The summed E-state index contributed by atoms with van der Waals surface area (Å²) in [5.41, 5.74) is 0. The van der Waals surface area contributed by atoms with E-state index in [2.05, 4.69) is 20.3 Å². The van der Waals surface area contributed by atoms with Gasteiger partial charge in [-0.05, 0) is 0 Å². The van der Waals surface area contributed by atoms with Crippen molar-refractivity contribution in [2.45, 2.75) is 6.54 Å². The lowest BCUT2D eigenvalue weighted by Crippen LogP contribution is -2.10. The average molecular weight is 224 g/mol. The van der Waals surface area contributed by atoms with Crippen LogP contribution in [0.5, 0.6) is 0 Å². The number of nitrogens with one attached hydrogen (secondary N) is 1. The standard InChI is InChI=1S/C9H10ClN5/c10-8-5-12-6-9(14-8)13-2-4-15-3-1-11-7-15/h1,3,5-7H,2,4H2,(H,13,14). The fourth-order valence-corrected chi connectivity index (χ4v) is 1.31. The third-order valence-corrected chi connectivity index (χ3v) is 2.02. The molecule has 0 saturated heterocycles. The number of imidazole rings is 1. The number of hydrogen-bond donors (Lipinski definition) is 1. The molecule has 0 aromatic carbocycles. The molecule has 5 nitrogen and oxygen atoms in total. The summed E-state index contributed by atoms with van der Waals surface area (Å²) < 4.78 is 1.98. The zero-order chi connectivity index (χ0) is 10.5. The molecule has 0 aliphatic rings. The Morgan fingerprint density at radius 2 is 2.27 bits per heavy atom. The highest BCUT2D eigenvalue weighted by molar-refractivity contribution is 6.29. The molecular weight excluding hydrogens is 214 g/mol. The van der Waals surface area contributed by atoms with Gasteiger partial charge in [-0.2, -0.15) is 0 Å². The van der Waals surface area contributed by atoms with Gasteiger partial charge in [0.25, 0.3) is 0 Å². The van der Waals surface area contributed by atoms with Crippen LogP contribution < -0.4 is 5.32 Å². The van der Waals surface area contributed by atoms with Crippen molar-refractivity contribution in [1.82, 2.24) is 19.5 Å². The Hall–Kier alpha value is -1.62. The second-order valence-corrected chi connectivity index (χ2v) is 3.34. The van der Waals surface area contributed by atoms with Gasteiger partial charge < -0.3 is 9.88 Å². The smallest absolute Gasteiger partial charge is 0.149 e. The van der Waals surface area contributed by atoms with Crippen molar-refractivity contribution in [1.29, 1.82) is 0 Å². The predicted octanol–water partition coefficient (Wildman–Crippen LogP) is 1.44. The quantitative estimate of drug-likeness (QED) is 0.852. The maximum Gasteiger partial charge on any atom is 0.149 e. The summed E-state index contributed by atoms with van der Waals surface area (Å²) in [6.45, 7) is 1.58. The molecule has 15 heavy (non-hydrogen) atoms. The maximum absolute atomic E-state index is 5.69. The number of hydrogen-bond acceptors (Lipinski definition) is 4. The number of rotatable bonds is 4. The van der Waals surface area contributed by atoms with E-state index in [-0.39, 0.29) is 0 Å². The number of halogens is 1. The first-order valence-electron chi connectivity index (χ1n) is 4.52. The van der Waals surface area contributed by atoms with Gasteiger partial charge in [0.15, 0.2) is 0 Å². The average Bonchev–Trinajstić information content (AvgIpc) is 2.71. The molecule has 2 rings (SSSR count). The Morgan fingerprint density at radius 1 is 1.33 bits per heavy atom. The molecule has 0 saturated carbocycles. The molecule has 2 heterocycles. The van der Waals surface area contributed by atoms with Crippen LogP contribution >= 0.6 is 11.6 Å². The first-order chi connectivity index (χ1) is 7.34. The SMILES string of the molecule is Clc1cncc(NCCn2ccnc2)n1. The van der Waals surface area contributed by atoms with Gasteiger partial charge in [-0.25, -0.2) is 9.97 Å². The molecule has 0 fully saturated rings. The van der Waals surface area contributed by atoms with E-state index in [1.165, 1.54) is 6.20 Å². The number of anilines is 1. The minimum Gasteiger partial charge on any atom is -0.367 e. The van der Waals surface area contributed by atoms with Crippen molar-refractivity contribution < 1.29 is 0 Å². The molecule has 0 atom stereocenters. The summed E-state index contributed by atoms with van der Waals surface area (Å²) >= 11 is 5.69. The first-order valence-corrected chi connectivity index (χ1v) is 4.89. The molecule has 2 aromatic rings. The summed E-state index contributed by atoms with van der Waals surface area (Å²) in [5.74, 6) is 0.683. The van der Waals surface area contributed by atoms with E-state index in [1.54, 1.807) is 18.7 Å². The van der Waals surface area contributed by atoms with Crippen molar-refractivity contribution in [3.63, 3.8) is 0 Å². The van der Waals surface area contributed by atoms with Crippen LogP contribution in [0.3, 0.4) is 0 Å². The van der Waals surface area contributed by atoms with E-state index in [4.69, 9.17) is 11.6 Å². The van der Waals surface area contributed by atoms with Crippen LogP contribution in [0.25, 0.3) is 0 Å². The lowest BCUT2D eigenvalue weighted by atomic mass is 10.5. The van der Waals surface area contributed by atoms with Gasteiger partial charge in [-0.15, -0.1) is 0 Å². The highest BCUT2D eigenvalue weighted by atomic mass is 35.5. The van der Waals surface area contributed by atoms with Crippen LogP contribution in [-0.4, -0.2) is 26.1 Å². The van der Waals surface area contributed by atoms with Crippen LogP contribution in [-0.2, 0) is 6.54 Å². The Balaban J connectivity index is 1.83. The van der Waals surface area contributed by atoms with Crippen LogP contribution in [0.2, 0.25) is 5.15 Å². The van der Waals surface area contributed by atoms with E-state index in [0.717, 1.165) is 13.1 Å². The van der Waals surface area contributed by atoms with Gasteiger partial charge in [0.1, 0.15) is 11.0 Å². The van der Waals surface area contributed by atoms with Crippen LogP contribution in [0.15, 0.2) is 31.1 Å². The van der Waals surface area contributed by atoms with Crippen LogP contribution in [0, 0.1) is 0 Å². The van der Waals surface area contributed by atoms with Gasteiger partial charge in [0.05, 0.1) is 18.7 Å². The van der Waals surface area contributed by atoms with E-state index in [0.29, 0.717) is 11.0 Å². The zero-order valence-electron chi connectivity index (χ0n) is 7.97. The molecule has 1 N–H and O–H groups in total. The Kier molecular flexibility index (Phi) is 3.14. The molecule has 78 valence electrons. The van der Waals surface area contributed by atoms with Crippen molar-refractivity contribution in [3.8, 4) is 0 Å². The van der Waals surface area contributed by atoms with E-state index in [1.807, 2.05) is 10.8 Å². The second-order valence-electron chi connectivity index (χ2n) is 2.95. The minimum atomic E-state index is 0.391. The zero-order valence-corrected chi connectivity index (χ0v) is 8.72. The van der Waals surface area contributed by atoms with Gasteiger partial charge in [0, 0.05) is 25.5 Å². The lowest BCUT2D eigenvalue weighted by molar-refractivity contribution is 0.725. The highest BCUT2D eigenvalue weighted by Gasteiger charge is 1.95. The van der Waals surface area contributed by atoms with E-state index < -0.39 is 0 Å². The topological polar surface area (TPSA) is 55.6 Å². The summed E-state index contributed by atoms with van der Waals surface area (Å²) in [6.07, 6.45) is 8.57. The Labute approximate surface area is 92.1 Å². The van der Waals surface area contributed by atoms with E-state index >= 15 is 0 Å². The van der Waals surface area contributed by atoms with Crippen LogP contribution in [0.1, 0.15) is 0 Å². The van der Waals surface area contributed by atoms with Crippen molar-refractivity contribution >= 4 is 17.4 Å². The fraction of sp³-hybridized carbons (Fsp3) is 0.222. The van der Waals surface area contributed by atoms with Gasteiger partial charge >= 0.3 is 0 Å². The minimum absolute atomic E-state index is 0.391. The summed E-state index contributed by atoms with van der Waals surface area (Å²) in [7, 11) is 0. The largest absolute Gasteiger partial charge is 0.367 e. The van der Waals surface area contributed by atoms with Crippen molar-refractivity contribution in [2.75, 3.05) is 11.9 Å². The second kappa shape index (κ2) is 4.75. The maximum atomic E-state index is 5.69. The third-order valence-electron chi connectivity index (χ3n) is 1.84. The van der Waals surface area contributed by atoms with E-state index in [9.17, 15) is 0 Å². The van der Waals surface area contributed by atoms with Gasteiger partial charge in [-0.1, -0.05) is 11.6 Å². The molecule has 2 aromatic heterocycles. The molecule has 6 heteroatoms. The van der Waals surface area contributed by atoms with Crippen molar-refractivity contribution in [2.24, 2.45) is 0 Å². The molecule has 0 spiro atoms. The fourth-order valence-electron chi connectivity index (χ4n) is 1.16. The third kappa shape index (κ3) is 2.92. The molecule has 0 amide bonds. The normalized spacial score (nSPS) is 10.2. The summed E-state index contributed by atoms with van der Waals surface area (Å²) in [6, 6.07) is 0. The lowest BCUT2D eigenvalue weighted by Gasteiger charge is -2.05. The van der Waals surface area contributed by atoms with Crippen LogP contribution in [0.4, 0.5) is 5.82 Å². The molecular formula is C9H10ClN5.